The molecule has 0 aromatic heterocycles. The number of nitrogens with zero attached hydrogens (tertiary/aromatic N) is 1. The van der Waals surface area contributed by atoms with Crippen LogP contribution in [0.5, 0.6) is 0 Å². The van der Waals surface area contributed by atoms with Crippen LogP contribution in [0.15, 0.2) is 22.7 Å². The molecule has 1 heterocycles. The van der Waals surface area contributed by atoms with Crippen LogP contribution in [0.4, 0.5) is 0 Å². The van der Waals surface area contributed by atoms with Crippen molar-refractivity contribution in [2.24, 2.45) is 5.92 Å². The zero-order valence-corrected chi connectivity index (χ0v) is 14.0. The molecule has 6 heteroatoms. The largest absolute Gasteiger partial charge is 0.480 e. The van der Waals surface area contributed by atoms with Crippen molar-refractivity contribution >= 4 is 39.4 Å². The number of likely N-dealkylation sites (tertiary alicyclic amines) is 1. The lowest BCUT2D eigenvalue weighted by molar-refractivity contribution is -0.144. The molecular formula is C15H17BrClNO3. The minimum absolute atomic E-state index is 0.311. The van der Waals surface area contributed by atoms with E-state index >= 15 is 0 Å². The number of benzene rings is 1. The average Bonchev–Trinajstić information content (AvgIpc) is 2.46. The Balaban J connectivity index is 2.26. The van der Waals surface area contributed by atoms with Gasteiger partial charge in [-0.1, -0.05) is 40.9 Å². The Morgan fingerprint density at radius 3 is 2.76 bits per heavy atom. The second-order valence-electron chi connectivity index (χ2n) is 5.28. The van der Waals surface area contributed by atoms with Gasteiger partial charge in [-0.3, -0.25) is 4.79 Å². The predicted molar refractivity (Wildman–Crippen MR) is 84.6 cm³/mol. The highest BCUT2D eigenvalue weighted by atomic mass is 79.9. The Morgan fingerprint density at radius 1 is 1.48 bits per heavy atom. The topological polar surface area (TPSA) is 57.6 Å². The maximum absolute atomic E-state index is 12.6. The number of carboxylic acids is 1. The summed E-state index contributed by atoms with van der Waals surface area (Å²) < 4.78 is 0.781. The van der Waals surface area contributed by atoms with E-state index in [0.29, 0.717) is 29.5 Å². The Kier molecular flexibility index (Phi) is 5.27. The van der Waals surface area contributed by atoms with E-state index in [9.17, 15) is 14.7 Å². The normalized spacial score (nSPS) is 22.1. The van der Waals surface area contributed by atoms with Crippen molar-refractivity contribution in [2.45, 2.75) is 32.2 Å². The summed E-state index contributed by atoms with van der Waals surface area (Å²) in [4.78, 5) is 25.5. The Morgan fingerprint density at radius 2 is 2.19 bits per heavy atom. The van der Waals surface area contributed by atoms with E-state index in [1.807, 2.05) is 6.92 Å². The summed E-state index contributed by atoms with van der Waals surface area (Å²) >= 11 is 9.39. The van der Waals surface area contributed by atoms with Crippen LogP contribution in [-0.4, -0.2) is 34.5 Å². The lowest BCUT2D eigenvalue weighted by Gasteiger charge is -2.37. The van der Waals surface area contributed by atoms with Gasteiger partial charge in [0.15, 0.2) is 0 Å². The fourth-order valence-corrected chi connectivity index (χ4v) is 3.46. The smallest absolute Gasteiger partial charge is 0.326 e. The zero-order chi connectivity index (χ0) is 15.6. The molecule has 2 unspecified atom stereocenters. The van der Waals surface area contributed by atoms with Gasteiger partial charge in [-0.05, 0) is 37.0 Å². The number of hydrogen-bond acceptors (Lipinski definition) is 2. The van der Waals surface area contributed by atoms with E-state index < -0.39 is 12.0 Å². The molecule has 114 valence electrons. The lowest BCUT2D eigenvalue weighted by atomic mass is 9.88. The van der Waals surface area contributed by atoms with E-state index in [4.69, 9.17) is 11.6 Å². The van der Waals surface area contributed by atoms with E-state index in [1.165, 1.54) is 4.90 Å². The standard InChI is InChI=1S/C15H17BrClNO3/c1-2-9-5-6-18(13(7-9)15(20)21)14(19)11-4-3-10(16)8-12(11)17/h3-4,8-9,13H,2,5-7H2,1H3,(H,20,21). The first-order valence-electron chi connectivity index (χ1n) is 6.92. The number of aliphatic carboxylic acids is 1. The molecule has 0 spiro atoms. The molecule has 1 aromatic carbocycles. The minimum Gasteiger partial charge on any atom is -0.480 e. The molecule has 1 aliphatic heterocycles. The van der Waals surface area contributed by atoms with Crippen LogP contribution in [-0.2, 0) is 4.79 Å². The van der Waals surface area contributed by atoms with Gasteiger partial charge in [0.05, 0.1) is 10.6 Å². The van der Waals surface area contributed by atoms with Crippen molar-refractivity contribution < 1.29 is 14.7 Å². The van der Waals surface area contributed by atoms with Gasteiger partial charge in [0, 0.05) is 11.0 Å². The number of piperidine rings is 1. The number of hydrogen-bond donors (Lipinski definition) is 1. The third kappa shape index (κ3) is 3.58. The number of amides is 1. The van der Waals surface area contributed by atoms with Gasteiger partial charge in [0.25, 0.3) is 5.91 Å². The Hall–Kier alpha value is -1.07. The molecule has 1 aliphatic rings. The van der Waals surface area contributed by atoms with Gasteiger partial charge in [-0.15, -0.1) is 0 Å². The molecule has 4 nitrogen and oxygen atoms in total. The van der Waals surface area contributed by atoms with E-state index in [1.54, 1.807) is 18.2 Å². The SMILES string of the molecule is CCC1CCN(C(=O)c2ccc(Br)cc2Cl)C(C(=O)O)C1. The Labute approximate surface area is 137 Å². The van der Waals surface area contributed by atoms with Crippen molar-refractivity contribution in [2.75, 3.05) is 6.54 Å². The van der Waals surface area contributed by atoms with Crippen molar-refractivity contribution in [3.8, 4) is 0 Å². The van der Waals surface area contributed by atoms with Gasteiger partial charge in [-0.2, -0.15) is 0 Å². The highest BCUT2D eigenvalue weighted by Crippen LogP contribution is 2.29. The Bertz CT molecular complexity index is 564. The summed E-state index contributed by atoms with van der Waals surface area (Å²) in [5.74, 6) is -0.903. The second kappa shape index (κ2) is 6.79. The molecule has 1 amide bonds. The maximum atomic E-state index is 12.6. The number of carbonyl (C=O) groups is 2. The molecule has 2 rings (SSSR count). The van der Waals surface area contributed by atoms with E-state index in [0.717, 1.165) is 17.3 Å². The average molecular weight is 375 g/mol. The molecule has 0 saturated carbocycles. The van der Waals surface area contributed by atoms with Crippen LogP contribution < -0.4 is 0 Å². The van der Waals surface area contributed by atoms with E-state index in [-0.39, 0.29) is 5.91 Å². The third-order valence-electron chi connectivity index (χ3n) is 4.00. The maximum Gasteiger partial charge on any atom is 0.326 e. The van der Waals surface area contributed by atoms with E-state index in [2.05, 4.69) is 15.9 Å². The lowest BCUT2D eigenvalue weighted by Crippen LogP contribution is -2.50. The fraction of sp³-hybridized carbons (Fsp3) is 0.467. The number of rotatable bonds is 3. The predicted octanol–water partition coefficient (Wildman–Crippen LogP) is 3.82. The molecular weight excluding hydrogens is 358 g/mol. The molecule has 0 aliphatic carbocycles. The van der Waals surface area contributed by atoms with Gasteiger partial charge in [-0.25, -0.2) is 4.79 Å². The minimum atomic E-state index is -0.949. The highest BCUT2D eigenvalue weighted by Gasteiger charge is 2.36. The summed E-state index contributed by atoms with van der Waals surface area (Å²) in [7, 11) is 0. The first kappa shape index (κ1) is 16.3. The first-order valence-corrected chi connectivity index (χ1v) is 8.10. The van der Waals surface area contributed by atoms with Crippen molar-refractivity contribution in [3.63, 3.8) is 0 Å². The summed E-state index contributed by atoms with van der Waals surface area (Å²) in [5, 5.41) is 9.73. The second-order valence-corrected chi connectivity index (χ2v) is 6.60. The first-order chi connectivity index (χ1) is 9.93. The van der Waals surface area contributed by atoms with Gasteiger partial charge in [0.2, 0.25) is 0 Å². The summed E-state index contributed by atoms with van der Waals surface area (Å²) in [6.07, 6.45) is 2.27. The fourth-order valence-electron chi connectivity index (χ4n) is 2.70. The number of halogens is 2. The molecule has 0 bridgehead atoms. The summed E-state index contributed by atoms with van der Waals surface area (Å²) in [6.45, 7) is 2.51. The van der Waals surface area contributed by atoms with Gasteiger partial charge >= 0.3 is 5.97 Å². The van der Waals surface area contributed by atoms with Crippen molar-refractivity contribution in [3.05, 3.63) is 33.3 Å². The molecule has 1 N–H and O–H groups in total. The van der Waals surface area contributed by atoms with Gasteiger partial charge < -0.3 is 10.0 Å². The van der Waals surface area contributed by atoms with Crippen LogP contribution >= 0.6 is 27.5 Å². The summed E-state index contributed by atoms with van der Waals surface area (Å²) in [5.41, 5.74) is 0.348. The third-order valence-corrected chi connectivity index (χ3v) is 4.80. The molecule has 1 fully saturated rings. The van der Waals surface area contributed by atoms with Crippen LogP contribution in [0.2, 0.25) is 5.02 Å². The molecule has 2 atom stereocenters. The van der Waals surface area contributed by atoms with Crippen molar-refractivity contribution in [1.29, 1.82) is 0 Å². The molecule has 21 heavy (non-hydrogen) atoms. The molecule has 1 saturated heterocycles. The number of carboxylic acid groups (broad SMARTS) is 1. The van der Waals surface area contributed by atoms with Crippen LogP contribution in [0.25, 0.3) is 0 Å². The molecule has 1 aromatic rings. The quantitative estimate of drug-likeness (QED) is 0.875. The highest BCUT2D eigenvalue weighted by molar-refractivity contribution is 9.10. The number of carbonyl (C=O) groups excluding carboxylic acids is 1. The summed E-state index contributed by atoms with van der Waals surface area (Å²) in [6, 6.07) is 4.23. The zero-order valence-electron chi connectivity index (χ0n) is 11.7. The monoisotopic (exact) mass is 373 g/mol. The van der Waals surface area contributed by atoms with Crippen LogP contribution in [0.1, 0.15) is 36.5 Å². The molecule has 0 radical (unpaired) electrons. The van der Waals surface area contributed by atoms with Gasteiger partial charge in [0.1, 0.15) is 6.04 Å². The van der Waals surface area contributed by atoms with Crippen LogP contribution in [0.3, 0.4) is 0 Å². The van der Waals surface area contributed by atoms with Crippen molar-refractivity contribution in [1.82, 2.24) is 4.90 Å². The van der Waals surface area contributed by atoms with Crippen LogP contribution in [0, 0.1) is 5.92 Å².